The maximum Gasteiger partial charge on any atom is 0.407 e. The number of fused-ring (bicyclic) bond motifs is 3. The minimum absolute atomic E-state index is 0.0650. The number of carbonyl (C=O) groups excluding carboxylic acids is 2. The molecule has 2 aliphatic rings. The predicted molar refractivity (Wildman–Crippen MR) is 128 cm³/mol. The Morgan fingerprint density at radius 3 is 2.21 bits per heavy atom. The zero-order valence-electron chi connectivity index (χ0n) is 19.9. The molecule has 1 unspecified atom stereocenters. The molecule has 180 valence electrons. The number of carbonyl (C=O) groups is 3. The normalized spacial score (nSPS) is 20.4. The Morgan fingerprint density at radius 2 is 1.65 bits per heavy atom. The standard InChI is InChI=1S/C27H32N2O5/c1-16(2)24(25(30)29-14-8-13-18(17(29)3)26(31)32)28-27(33)34-15-23-21-11-6-4-9-19(21)20-10-5-7-12-22(20)23/h4-7,9-12,16-18,23-24H,8,13-15H2,1-3H3,(H,28,33)(H,31,32)/t17-,18-,24?/m1/s1. The quantitative estimate of drug-likeness (QED) is 0.666. The van der Waals surface area contributed by atoms with Crippen molar-refractivity contribution in [1.29, 1.82) is 0 Å². The summed E-state index contributed by atoms with van der Waals surface area (Å²) in [4.78, 5) is 39.3. The molecule has 2 aromatic carbocycles. The van der Waals surface area contributed by atoms with Crippen LogP contribution in [0.3, 0.4) is 0 Å². The number of amides is 2. The molecule has 2 amide bonds. The van der Waals surface area contributed by atoms with Crippen LogP contribution in [0.25, 0.3) is 11.1 Å². The van der Waals surface area contributed by atoms with Gasteiger partial charge in [0.1, 0.15) is 12.6 Å². The maximum atomic E-state index is 13.3. The summed E-state index contributed by atoms with van der Waals surface area (Å²) in [5.41, 5.74) is 4.54. The number of nitrogens with one attached hydrogen (secondary N) is 1. The molecule has 34 heavy (non-hydrogen) atoms. The highest BCUT2D eigenvalue weighted by atomic mass is 16.5. The fraction of sp³-hybridized carbons (Fsp3) is 0.444. The van der Waals surface area contributed by atoms with E-state index in [0.29, 0.717) is 19.4 Å². The molecule has 1 heterocycles. The average Bonchev–Trinajstić information content (AvgIpc) is 3.14. The lowest BCUT2D eigenvalue weighted by molar-refractivity contribution is -0.150. The Balaban J connectivity index is 1.43. The van der Waals surface area contributed by atoms with E-state index in [9.17, 15) is 19.5 Å². The predicted octanol–water partition coefficient (Wildman–Crippen LogP) is 4.26. The number of aliphatic carboxylic acids is 1. The highest BCUT2D eigenvalue weighted by molar-refractivity contribution is 5.87. The number of alkyl carbamates (subject to hydrolysis) is 1. The largest absolute Gasteiger partial charge is 0.481 e. The van der Waals surface area contributed by atoms with Crippen molar-refractivity contribution in [3.63, 3.8) is 0 Å². The lowest BCUT2D eigenvalue weighted by Crippen LogP contribution is -2.57. The van der Waals surface area contributed by atoms with Crippen molar-refractivity contribution >= 4 is 18.0 Å². The van der Waals surface area contributed by atoms with Crippen molar-refractivity contribution in [2.24, 2.45) is 11.8 Å². The molecule has 1 aliphatic carbocycles. The fourth-order valence-electron chi connectivity index (χ4n) is 5.24. The monoisotopic (exact) mass is 464 g/mol. The van der Waals surface area contributed by atoms with Gasteiger partial charge >= 0.3 is 12.1 Å². The summed E-state index contributed by atoms with van der Waals surface area (Å²) in [7, 11) is 0. The van der Waals surface area contributed by atoms with Crippen molar-refractivity contribution in [2.45, 2.75) is 51.6 Å². The second-order valence-corrected chi connectivity index (χ2v) is 9.55. The van der Waals surface area contributed by atoms with Gasteiger partial charge in [0.05, 0.1) is 5.92 Å². The number of carboxylic acid groups (broad SMARTS) is 1. The molecular formula is C27H32N2O5. The highest BCUT2D eigenvalue weighted by Crippen LogP contribution is 2.44. The van der Waals surface area contributed by atoms with Crippen LogP contribution in [-0.4, -0.2) is 53.2 Å². The van der Waals surface area contributed by atoms with Crippen LogP contribution in [0, 0.1) is 11.8 Å². The number of likely N-dealkylation sites (tertiary alicyclic amines) is 1. The number of nitrogens with zero attached hydrogens (tertiary/aromatic N) is 1. The van der Waals surface area contributed by atoms with Crippen LogP contribution in [0.4, 0.5) is 4.79 Å². The van der Waals surface area contributed by atoms with Crippen LogP contribution >= 0.6 is 0 Å². The van der Waals surface area contributed by atoms with Crippen LogP contribution in [0.2, 0.25) is 0 Å². The number of ether oxygens (including phenoxy) is 1. The first kappa shape index (κ1) is 23.8. The first-order valence-corrected chi connectivity index (χ1v) is 11.9. The molecular weight excluding hydrogens is 432 g/mol. The van der Waals surface area contributed by atoms with Gasteiger partial charge in [-0.1, -0.05) is 62.4 Å². The van der Waals surface area contributed by atoms with Crippen LogP contribution < -0.4 is 5.32 Å². The second kappa shape index (κ2) is 9.87. The maximum absolute atomic E-state index is 13.3. The molecule has 1 saturated heterocycles. The Kier molecular flexibility index (Phi) is 6.91. The highest BCUT2D eigenvalue weighted by Gasteiger charge is 2.39. The minimum atomic E-state index is -0.893. The van der Waals surface area contributed by atoms with Gasteiger partial charge in [-0.15, -0.1) is 0 Å². The third-order valence-electron chi connectivity index (χ3n) is 7.14. The Morgan fingerprint density at radius 1 is 1.06 bits per heavy atom. The fourth-order valence-corrected chi connectivity index (χ4v) is 5.24. The number of benzene rings is 2. The van der Waals surface area contributed by atoms with E-state index in [1.54, 1.807) is 11.8 Å². The number of hydrogen-bond acceptors (Lipinski definition) is 4. The van der Waals surface area contributed by atoms with Gasteiger partial charge in [0.25, 0.3) is 0 Å². The first-order chi connectivity index (χ1) is 16.3. The second-order valence-electron chi connectivity index (χ2n) is 9.55. The smallest absolute Gasteiger partial charge is 0.407 e. The molecule has 0 aromatic heterocycles. The molecule has 7 heteroatoms. The minimum Gasteiger partial charge on any atom is -0.481 e. The van der Waals surface area contributed by atoms with Crippen LogP contribution in [-0.2, 0) is 14.3 Å². The van der Waals surface area contributed by atoms with Gasteiger partial charge in [-0.3, -0.25) is 9.59 Å². The third kappa shape index (κ3) is 4.52. The summed E-state index contributed by atoms with van der Waals surface area (Å²) in [6.07, 6.45) is 0.531. The number of carboxylic acids is 1. The molecule has 0 spiro atoms. The van der Waals surface area contributed by atoms with Crippen molar-refractivity contribution in [3.8, 4) is 11.1 Å². The molecule has 1 aliphatic heterocycles. The lowest BCUT2D eigenvalue weighted by Gasteiger charge is -2.40. The zero-order valence-corrected chi connectivity index (χ0v) is 19.9. The van der Waals surface area contributed by atoms with Crippen molar-refractivity contribution in [1.82, 2.24) is 10.2 Å². The third-order valence-corrected chi connectivity index (χ3v) is 7.14. The van der Waals surface area contributed by atoms with E-state index >= 15 is 0 Å². The Bertz CT molecular complexity index is 1040. The zero-order chi connectivity index (χ0) is 24.4. The summed E-state index contributed by atoms with van der Waals surface area (Å²) in [6, 6.07) is 15.0. The van der Waals surface area contributed by atoms with Gasteiger partial charge in [0.2, 0.25) is 5.91 Å². The van der Waals surface area contributed by atoms with Crippen LogP contribution in [0.5, 0.6) is 0 Å². The van der Waals surface area contributed by atoms with Gasteiger partial charge < -0.3 is 20.1 Å². The first-order valence-electron chi connectivity index (χ1n) is 11.9. The molecule has 4 rings (SSSR count). The van der Waals surface area contributed by atoms with E-state index in [2.05, 4.69) is 29.6 Å². The van der Waals surface area contributed by atoms with Crippen molar-refractivity contribution in [2.75, 3.05) is 13.2 Å². The van der Waals surface area contributed by atoms with Gasteiger partial charge in [-0.25, -0.2) is 4.79 Å². The molecule has 2 aromatic rings. The summed E-state index contributed by atoms with van der Waals surface area (Å²) in [6.45, 7) is 6.13. The van der Waals surface area contributed by atoms with Gasteiger partial charge in [-0.05, 0) is 47.9 Å². The van der Waals surface area contributed by atoms with E-state index in [0.717, 1.165) is 22.3 Å². The van der Waals surface area contributed by atoms with Crippen LogP contribution in [0.1, 0.15) is 50.7 Å². The average molecular weight is 465 g/mol. The molecule has 1 fully saturated rings. The van der Waals surface area contributed by atoms with Crippen molar-refractivity contribution < 1.29 is 24.2 Å². The summed E-state index contributed by atoms with van der Waals surface area (Å²) < 4.78 is 5.63. The van der Waals surface area contributed by atoms with E-state index in [4.69, 9.17) is 4.74 Å². The Labute approximate surface area is 200 Å². The van der Waals surface area contributed by atoms with Gasteiger partial charge in [0.15, 0.2) is 0 Å². The molecule has 7 nitrogen and oxygen atoms in total. The van der Waals surface area contributed by atoms with E-state index in [-0.39, 0.29) is 24.3 Å². The van der Waals surface area contributed by atoms with Crippen LogP contribution in [0.15, 0.2) is 48.5 Å². The molecule has 2 N–H and O–H groups in total. The number of piperidine rings is 1. The topological polar surface area (TPSA) is 95.9 Å². The van der Waals surface area contributed by atoms with Crippen molar-refractivity contribution in [3.05, 3.63) is 59.7 Å². The summed E-state index contributed by atoms with van der Waals surface area (Å²) in [5.74, 6) is -1.99. The number of hydrogen-bond donors (Lipinski definition) is 2. The SMILES string of the molecule is CC(C)C(NC(=O)OCC1c2ccccc2-c2ccccc21)C(=O)N1CCC[C@@H](C(=O)O)[C@H]1C. The van der Waals surface area contributed by atoms with E-state index in [1.807, 2.05) is 38.1 Å². The van der Waals surface area contributed by atoms with Gasteiger partial charge in [0, 0.05) is 18.5 Å². The number of rotatable bonds is 6. The Hall–Kier alpha value is -3.35. The molecule has 0 saturated carbocycles. The van der Waals surface area contributed by atoms with E-state index in [1.165, 1.54) is 0 Å². The van der Waals surface area contributed by atoms with Gasteiger partial charge in [-0.2, -0.15) is 0 Å². The molecule has 0 radical (unpaired) electrons. The van der Waals surface area contributed by atoms with E-state index < -0.39 is 30.1 Å². The summed E-state index contributed by atoms with van der Waals surface area (Å²) in [5, 5.41) is 12.2. The lowest BCUT2D eigenvalue weighted by atomic mass is 9.89. The molecule has 3 atom stereocenters. The summed E-state index contributed by atoms with van der Waals surface area (Å²) >= 11 is 0. The molecule has 0 bridgehead atoms.